The fraction of sp³-hybridized carbons (Fsp3) is 0.174. The Balaban J connectivity index is 1.64. The molecular formula is C23H20N2O5S. The first-order valence-corrected chi connectivity index (χ1v) is 10.3. The van der Waals surface area contributed by atoms with Crippen molar-refractivity contribution in [3.05, 3.63) is 81.7 Å². The summed E-state index contributed by atoms with van der Waals surface area (Å²) in [6, 6.07) is 18.2. The van der Waals surface area contributed by atoms with Gasteiger partial charge < -0.3 is 19.9 Å². The summed E-state index contributed by atoms with van der Waals surface area (Å²) in [5.41, 5.74) is 7.43. The number of para-hydroxylation sites is 1. The molecule has 0 saturated carbocycles. The minimum atomic E-state index is -0.602. The van der Waals surface area contributed by atoms with Gasteiger partial charge in [0, 0.05) is 5.56 Å². The fourth-order valence-electron chi connectivity index (χ4n) is 2.75. The van der Waals surface area contributed by atoms with Crippen LogP contribution in [0, 0.1) is 11.3 Å². The lowest BCUT2D eigenvalue weighted by Gasteiger charge is -2.08. The first kappa shape index (κ1) is 21.9. The zero-order valence-electron chi connectivity index (χ0n) is 16.8. The maximum Gasteiger partial charge on any atom is 0.348 e. The van der Waals surface area contributed by atoms with Gasteiger partial charge >= 0.3 is 11.9 Å². The molecule has 0 aliphatic carbocycles. The number of carbonyl (C=O) groups excluding carboxylic acids is 2. The number of nitriles is 1. The lowest BCUT2D eigenvalue weighted by molar-refractivity contribution is 0.0452. The first-order chi connectivity index (χ1) is 15.0. The minimum Gasteiger partial charge on any atom is -0.489 e. The molecule has 3 aromatic rings. The Morgan fingerprint density at radius 2 is 1.71 bits per heavy atom. The van der Waals surface area contributed by atoms with Crippen molar-refractivity contribution in [1.29, 1.82) is 5.26 Å². The highest BCUT2D eigenvalue weighted by Crippen LogP contribution is 2.32. The number of ether oxygens (including phenoxy) is 3. The molecule has 3 rings (SSSR count). The van der Waals surface area contributed by atoms with Crippen molar-refractivity contribution in [2.75, 3.05) is 12.3 Å². The summed E-state index contributed by atoms with van der Waals surface area (Å²) in [6.07, 6.45) is 0. The molecule has 0 aliphatic heterocycles. The van der Waals surface area contributed by atoms with Gasteiger partial charge in [-0.05, 0) is 36.8 Å². The van der Waals surface area contributed by atoms with Gasteiger partial charge in [0.15, 0.2) is 0 Å². The summed E-state index contributed by atoms with van der Waals surface area (Å²) in [5.74, 6) is -0.430. The van der Waals surface area contributed by atoms with Crippen LogP contribution < -0.4 is 10.5 Å². The maximum absolute atomic E-state index is 12.4. The quantitative estimate of drug-likeness (QED) is 0.524. The molecule has 0 radical (unpaired) electrons. The van der Waals surface area contributed by atoms with Crippen LogP contribution in [0.5, 0.6) is 5.75 Å². The van der Waals surface area contributed by atoms with Crippen LogP contribution in [-0.4, -0.2) is 18.5 Å². The number of nitrogen functional groups attached to an aromatic ring is 1. The van der Waals surface area contributed by atoms with Gasteiger partial charge in [0.2, 0.25) is 0 Å². The smallest absolute Gasteiger partial charge is 0.348 e. The zero-order valence-corrected chi connectivity index (χ0v) is 17.6. The molecule has 2 aromatic carbocycles. The second kappa shape index (κ2) is 10.3. The molecule has 8 heteroatoms. The zero-order chi connectivity index (χ0) is 22.2. The molecule has 0 unspecified atom stereocenters. The topological polar surface area (TPSA) is 112 Å². The average Bonchev–Trinajstić information content (AvgIpc) is 3.12. The van der Waals surface area contributed by atoms with Crippen molar-refractivity contribution in [3.63, 3.8) is 0 Å². The number of hydrogen-bond donors (Lipinski definition) is 1. The van der Waals surface area contributed by atoms with Crippen LogP contribution in [0.25, 0.3) is 0 Å². The number of rotatable bonds is 8. The molecular weight excluding hydrogens is 416 g/mol. The van der Waals surface area contributed by atoms with Crippen molar-refractivity contribution < 1.29 is 23.8 Å². The van der Waals surface area contributed by atoms with E-state index in [1.165, 1.54) is 0 Å². The van der Waals surface area contributed by atoms with Gasteiger partial charge in [-0.1, -0.05) is 30.3 Å². The highest BCUT2D eigenvalue weighted by molar-refractivity contribution is 7.18. The van der Waals surface area contributed by atoms with Gasteiger partial charge in [0.05, 0.1) is 17.7 Å². The van der Waals surface area contributed by atoms with E-state index in [1.54, 1.807) is 31.2 Å². The van der Waals surface area contributed by atoms with Gasteiger partial charge in [-0.15, -0.1) is 11.3 Å². The highest BCUT2D eigenvalue weighted by Gasteiger charge is 2.24. The summed E-state index contributed by atoms with van der Waals surface area (Å²) in [7, 11) is 0. The van der Waals surface area contributed by atoms with Gasteiger partial charge in [-0.25, -0.2) is 9.59 Å². The number of nitrogens with zero attached hydrogens (tertiary/aromatic N) is 1. The van der Waals surface area contributed by atoms with Gasteiger partial charge in [0.1, 0.15) is 34.9 Å². The Hall–Kier alpha value is -3.83. The van der Waals surface area contributed by atoms with Crippen molar-refractivity contribution in [2.24, 2.45) is 0 Å². The predicted octanol–water partition coefficient (Wildman–Crippen LogP) is 4.31. The van der Waals surface area contributed by atoms with Crippen LogP contribution in [0.2, 0.25) is 0 Å². The lowest BCUT2D eigenvalue weighted by atomic mass is 10.1. The third-order valence-electron chi connectivity index (χ3n) is 4.29. The van der Waals surface area contributed by atoms with Crippen molar-refractivity contribution in [1.82, 2.24) is 0 Å². The van der Waals surface area contributed by atoms with Crippen molar-refractivity contribution >= 4 is 28.3 Å². The van der Waals surface area contributed by atoms with Crippen LogP contribution in [0.4, 0.5) is 5.00 Å². The maximum atomic E-state index is 12.4. The Morgan fingerprint density at radius 1 is 1.00 bits per heavy atom. The molecule has 0 bridgehead atoms. The molecule has 0 atom stereocenters. The minimum absolute atomic E-state index is 0.120. The molecule has 158 valence electrons. The van der Waals surface area contributed by atoms with E-state index >= 15 is 0 Å². The van der Waals surface area contributed by atoms with Crippen LogP contribution in [0.15, 0.2) is 54.6 Å². The van der Waals surface area contributed by atoms with Gasteiger partial charge in [-0.2, -0.15) is 5.26 Å². The summed E-state index contributed by atoms with van der Waals surface area (Å²) in [5, 5.41) is 9.52. The van der Waals surface area contributed by atoms with E-state index in [-0.39, 0.29) is 34.2 Å². The molecule has 31 heavy (non-hydrogen) atoms. The van der Waals surface area contributed by atoms with Crippen LogP contribution in [-0.2, 0) is 22.7 Å². The molecule has 1 aromatic heterocycles. The monoisotopic (exact) mass is 436 g/mol. The lowest BCUT2D eigenvalue weighted by Crippen LogP contribution is -2.10. The molecule has 2 N–H and O–H groups in total. The SMILES string of the molecule is CCOC(=O)c1sc(N)c(C#N)c1COC(=O)c1ccc(COc2ccccc2)cc1. The van der Waals surface area contributed by atoms with E-state index in [9.17, 15) is 14.9 Å². The first-order valence-electron chi connectivity index (χ1n) is 9.45. The molecule has 1 heterocycles. The highest BCUT2D eigenvalue weighted by atomic mass is 32.1. The van der Waals surface area contributed by atoms with E-state index in [1.807, 2.05) is 36.4 Å². The standard InChI is InChI=1S/C23H20N2O5S/c1-2-28-23(27)20-19(18(12-24)21(25)31-20)14-30-22(26)16-10-8-15(9-11-16)13-29-17-6-4-3-5-7-17/h3-11H,2,13-14,25H2,1H3. The third-order valence-corrected chi connectivity index (χ3v) is 5.33. The second-order valence-corrected chi connectivity index (χ2v) is 7.41. The number of nitrogens with two attached hydrogens (primary N) is 1. The Morgan fingerprint density at radius 3 is 2.35 bits per heavy atom. The Bertz CT molecular complexity index is 1100. The number of benzene rings is 2. The number of carbonyl (C=O) groups is 2. The molecule has 7 nitrogen and oxygen atoms in total. The van der Waals surface area contributed by atoms with Crippen molar-refractivity contribution in [3.8, 4) is 11.8 Å². The van der Waals surface area contributed by atoms with Crippen LogP contribution in [0.1, 0.15) is 43.6 Å². The van der Waals surface area contributed by atoms with Gasteiger partial charge in [0.25, 0.3) is 0 Å². The van der Waals surface area contributed by atoms with E-state index < -0.39 is 11.9 Å². The summed E-state index contributed by atoms with van der Waals surface area (Å²) >= 11 is 0.942. The summed E-state index contributed by atoms with van der Waals surface area (Å²) in [6.45, 7) is 1.96. The molecule has 0 saturated heterocycles. The molecule has 0 fully saturated rings. The summed E-state index contributed by atoms with van der Waals surface area (Å²) in [4.78, 5) is 24.7. The number of esters is 2. The fourth-order valence-corrected chi connectivity index (χ4v) is 3.67. The largest absolute Gasteiger partial charge is 0.489 e. The van der Waals surface area contributed by atoms with Crippen LogP contribution in [0.3, 0.4) is 0 Å². The normalized spacial score (nSPS) is 10.2. The number of hydrogen-bond acceptors (Lipinski definition) is 8. The molecule has 0 aliphatic rings. The average molecular weight is 436 g/mol. The summed E-state index contributed by atoms with van der Waals surface area (Å²) < 4.78 is 16.0. The molecule has 0 amide bonds. The van der Waals surface area contributed by atoms with Crippen molar-refractivity contribution in [2.45, 2.75) is 20.1 Å². The van der Waals surface area contributed by atoms with E-state index in [0.29, 0.717) is 12.2 Å². The number of thiophene rings is 1. The van der Waals surface area contributed by atoms with Gasteiger partial charge in [-0.3, -0.25) is 0 Å². The van der Waals surface area contributed by atoms with Crippen LogP contribution >= 0.6 is 11.3 Å². The number of anilines is 1. The van der Waals surface area contributed by atoms with E-state index in [0.717, 1.165) is 22.6 Å². The van der Waals surface area contributed by atoms with E-state index in [2.05, 4.69) is 0 Å². The Labute approximate surface area is 183 Å². The third kappa shape index (κ3) is 5.41. The molecule has 0 spiro atoms. The Kier molecular flexibility index (Phi) is 7.25. The second-order valence-electron chi connectivity index (χ2n) is 6.36. The predicted molar refractivity (Wildman–Crippen MR) is 116 cm³/mol. The van der Waals surface area contributed by atoms with E-state index in [4.69, 9.17) is 19.9 Å².